The van der Waals surface area contributed by atoms with Crippen molar-refractivity contribution in [3.63, 3.8) is 0 Å². The van der Waals surface area contributed by atoms with Crippen LogP contribution in [0.1, 0.15) is 17.3 Å². The van der Waals surface area contributed by atoms with Gasteiger partial charge in [-0.1, -0.05) is 41.9 Å². The van der Waals surface area contributed by atoms with E-state index in [1.54, 1.807) is 6.07 Å². The molecular weight excluding hydrogens is 300 g/mol. The maximum Gasteiger partial charge on any atom is 0.130 e. The van der Waals surface area contributed by atoms with Crippen molar-refractivity contribution in [3.05, 3.63) is 65.1 Å². The summed E-state index contributed by atoms with van der Waals surface area (Å²) in [6, 6.07) is 13.0. The van der Waals surface area contributed by atoms with Gasteiger partial charge in [0.2, 0.25) is 0 Å². The first-order valence-corrected chi connectivity index (χ1v) is 7.47. The number of hydrogen-bond acceptors (Lipinski definition) is 3. The van der Waals surface area contributed by atoms with Crippen molar-refractivity contribution >= 4 is 22.5 Å². The Morgan fingerprint density at radius 3 is 2.64 bits per heavy atom. The molecule has 3 aromatic rings. The molecule has 0 aliphatic carbocycles. The number of pyridine rings is 1. The molecule has 0 spiro atoms. The first-order valence-electron chi connectivity index (χ1n) is 7.09. The van der Waals surface area contributed by atoms with Crippen LogP contribution in [0.25, 0.3) is 10.9 Å². The number of nitrogens with zero attached hydrogens (tertiary/aromatic N) is 2. The molecule has 2 aromatic heterocycles. The van der Waals surface area contributed by atoms with Gasteiger partial charge in [-0.15, -0.1) is 0 Å². The van der Waals surface area contributed by atoms with Crippen LogP contribution in [0.5, 0.6) is 0 Å². The molecule has 0 unspecified atom stereocenters. The second-order valence-corrected chi connectivity index (χ2v) is 5.68. The number of aliphatic hydroxyl groups is 2. The smallest absolute Gasteiger partial charge is 0.130 e. The van der Waals surface area contributed by atoms with E-state index in [1.807, 2.05) is 54.1 Å². The molecule has 0 radical (unpaired) electrons. The van der Waals surface area contributed by atoms with E-state index in [-0.39, 0.29) is 12.6 Å². The van der Waals surface area contributed by atoms with E-state index < -0.39 is 6.10 Å². The first kappa shape index (κ1) is 15.0. The zero-order valence-electron chi connectivity index (χ0n) is 12.1. The van der Waals surface area contributed by atoms with Gasteiger partial charge in [0.1, 0.15) is 11.3 Å². The number of fused-ring (bicyclic) bond motifs is 1. The van der Waals surface area contributed by atoms with Crippen molar-refractivity contribution in [2.24, 2.45) is 0 Å². The van der Waals surface area contributed by atoms with Gasteiger partial charge >= 0.3 is 0 Å². The molecule has 1 aromatic carbocycles. The Morgan fingerprint density at radius 1 is 1.23 bits per heavy atom. The van der Waals surface area contributed by atoms with Crippen molar-refractivity contribution in [1.82, 2.24) is 9.55 Å². The Morgan fingerprint density at radius 2 is 1.95 bits per heavy atom. The Kier molecular flexibility index (Phi) is 4.16. The van der Waals surface area contributed by atoms with Gasteiger partial charge in [0.25, 0.3) is 0 Å². The summed E-state index contributed by atoms with van der Waals surface area (Å²) in [6.45, 7) is 1.57. The highest BCUT2D eigenvalue weighted by molar-refractivity contribution is 6.30. The van der Waals surface area contributed by atoms with Crippen LogP contribution in [0.15, 0.2) is 48.7 Å². The van der Waals surface area contributed by atoms with Crippen LogP contribution in [0.3, 0.4) is 0 Å². The normalized spacial score (nSPS) is 14.2. The number of aromatic nitrogens is 2. The maximum atomic E-state index is 10.3. The number of halogens is 1. The summed E-state index contributed by atoms with van der Waals surface area (Å²) in [5, 5.41) is 21.2. The molecule has 5 heteroatoms. The Labute approximate surface area is 133 Å². The molecular formula is C17H17ClN2O2. The van der Waals surface area contributed by atoms with Crippen LogP contribution in [0.4, 0.5) is 0 Å². The van der Waals surface area contributed by atoms with Gasteiger partial charge in [0.15, 0.2) is 0 Å². The van der Waals surface area contributed by atoms with Crippen molar-refractivity contribution in [1.29, 1.82) is 0 Å². The SMILES string of the molecule is Cc1nc(Cl)cc2ccn([C@@H](c3ccccc3)[C@H](O)CO)c12. The molecule has 2 N–H and O–H groups in total. The fourth-order valence-corrected chi connectivity index (χ4v) is 3.14. The van der Waals surface area contributed by atoms with Crippen molar-refractivity contribution in [2.45, 2.75) is 19.1 Å². The predicted octanol–water partition coefficient (Wildman–Crippen LogP) is 2.94. The van der Waals surface area contributed by atoms with E-state index in [2.05, 4.69) is 4.98 Å². The Hall–Kier alpha value is -1.88. The van der Waals surface area contributed by atoms with Gasteiger partial charge in [0, 0.05) is 11.6 Å². The van der Waals surface area contributed by atoms with Gasteiger partial charge in [-0.2, -0.15) is 0 Å². The molecule has 3 rings (SSSR count). The lowest BCUT2D eigenvalue weighted by molar-refractivity contribution is 0.0653. The van der Waals surface area contributed by atoms with E-state index in [0.29, 0.717) is 5.15 Å². The molecule has 0 bridgehead atoms. The fraction of sp³-hybridized carbons (Fsp3) is 0.235. The van der Waals surface area contributed by atoms with Crippen LogP contribution in [0, 0.1) is 6.92 Å². The zero-order chi connectivity index (χ0) is 15.7. The summed E-state index contributed by atoms with van der Waals surface area (Å²) in [7, 11) is 0. The average molecular weight is 317 g/mol. The molecule has 0 aliphatic heterocycles. The van der Waals surface area contributed by atoms with Gasteiger partial charge in [-0.25, -0.2) is 4.98 Å². The number of rotatable bonds is 4. The average Bonchev–Trinajstić information content (AvgIpc) is 2.92. The maximum absolute atomic E-state index is 10.3. The monoisotopic (exact) mass is 316 g/mol. The Bertz CT molecular complexity index is 786. The molecule has 0 amide bonds. The highest BCUT2D eigenvalue weighted by Gasteiger charge is 2.24. The molecule has 0 saturated heterocycles. The summed E-state index contributed by atoms with van der Waals surface area (Å²) >= 11 is 6.01. The minimum Gasteiger partial charge on any atom is -0.394 e. The van der Waals surface area contributed by atoms with E-state index in [0.717, 1.165) is 22.2 Å². The standard InChI is InChI=1S/C17H17ClN2O2/c1-11-16-13(9-15(18)19-11)7-8-20(16)17(14(22)10-21)12-5-3-2-4-6-12/h2-9,14,17,21-22H,10H2,1H3/t14-,17+/m1/s1. The predicted molar refractivity (Wildman–Crippen MR) is 87.2 cm³/mol. The van der Waals surface area contributed by atoms with Gasteiger partial charge < -0.3 is 14.8 Å². The lowest BCUT2D eigenvalue weighted by Gasteiger charge is -2.25. The van der Waals surface area contributed by atoms with Crippen molar-refractivity contribution in [2.75, 3.05) is 6.61 Å². The molecule has 114 valence electrons. The van der Waals surface area contributed by atoms with Gasteiger partial charge in [-0.05, 0) is 24.6 Å². The second-order valence-electron chi connectivity index (χ2n) is 5.30. The largest absolute Gasteiger partial charge is 0.394 e. The summed E-state index contributed by atoms with van der Waals surface area (Å²) in [5.41, 5.74) is 2.63. The molecule has 2 atom stereocenters. The summed E-state index contributed by atoms with van der Waals surface area (Å²) < 4.78 is 1.95. The van der Waals surface area contributed by atoms with Crippen LogP contribution in [0.2, 0.25) is 5.15 Å². The Balaban J connectivity index is 2.21. The van der Waals surface area contributed by atoms with E-state index >= 15 is 0 Å². The highest BCUT2D eigenvalue weighted by Crippen LogP contribution is 2.30. The summed E-state index contributed by atoms with van der Waals surface area (Å²) in [4.78, 5) is 4.30. The molecule has 4 nitrogen and oxygen atoms in total. The van der Waals surface area contributed by atoms with Crippen LogP contribution >= 0.6 is 11.6 Å². The van der Waals surface area contributed by atoms with E-state index in [9.17, 15) is 10.2 Å². The van der Waals surface area contributed by atoms with Crippen LogP contribution in [-0.4, -0.2) is 32.5 Å². The quantitative estimate of drug-likeness (QED) is 0.728. The topological polar surface area (TPSA) is 58.3 Å². The van der Waals surface area contributed by atoms with E-state index in [1.165, 1.54) is 0 Å². The molecule has 0 aliphatic rings. The number of aryl methyl sites for hydroxylation is 1. The first-order chi connectivity index (χ1) is 10.6. The fourth-order valence-electron chi connectivity index (χ4n) is 2.90. The number of aliphatic hydroxyl groups excluding tert-OH is 2. The zero-order valence-corrected chi connectivity index (χ0v) is 12.9. The third-order valence-corrected chi connectivity index (χ3v) is 4.02. The lowest BCUT2D eigenvalue weighted by Crippen LogP contribution is -2.28. The number of benzene rings is 1. The number of hydrogen-bond donors (Lipinski definition) is 2. The summed E-state index contributed by atoms with van der Waals surface area (Å²) in [6.07, 6.45) is 0.986. The molecule has 0 fully saturated rings. The van der Waals surface area contributed by atoms with Gasteiger partial charge in [-0.3, -0.25) is 0 Å². The van der Waals surface area contributed by atoms with Crippen LogP contribution in [-0.2, 0) is 0 Å². The third kappa shape index (κ3) is 2.61. The molecule has 0 saturated carbocycles. The van der Waals surface area contributed by atoms with E-state index in [4.69, 9.17) is 11.6 Å². The second kappa shape index (κ2) is 6.08. The minimum atomic E-state index is -0.909. The lowest BCUT2D eigenvalue weighted by atomic mass is 10.0. The third-order valence-electron chi connectivity index (χ3n) is 3.83. The molecule has 2 heterocycles. The van der Waals surface area contributed by atoms with Crippen LogP contribution < -0.4 is 0 Å². The highest BCUT2D eigenvalue weighted by atomic mass is 35.5. The molecule has 22 heavy (non-hydrogen) atoms. The summed E-state index contributed by atoms with van der Waals surface area (Å²) in [5.74, 6) is 0. The van der Waals surface area contributed by atoms with Gasteiger partial charge in [0.05, 0.1) is 23.9 Å². The van der Waals surface area contributed by atoms with Crippen molar-refractivity contribution < 1.29 is 10.2 Å². The van der Waals surface area contributed by atoms with Crippen molar-refractivity contribution in [3.8, 4) is 0 Å². The minimum absolute atomic E-state index is 0.320.